The maximum Gasteiger partial charge on any atom is 0.310 e. The summed E-state index contributed by atoms with van der Waals surface area (Å²) < 4.78 is 29.7. The quantitative estimate of drug-likeness (QED) is 0.799. The molecule has 1 rings (SSSR count). The third kappa shape index (κ3) is 3.74. The van der Waals surface area contributed by atoms with Crippen LogP contribution in [0.5, 0.6) is 0 Å². The van der Waals surface area contributed by atoms with Gasteiger partial charge >= 0.3 is 5.97 Å². The summed E-state index contributed by atoms with van der Waals surface area (Å²) in [5.41, 5.74) is 6.03. The van der Waals surface area contributed by atoms with E-state index in [2.05, 4.69) is 4.98 Å². The van der Waals surface area contributed by atoms with Crippen LogP contribution in [0.3, 0.4) is 0 Å². The number of halogens is 2. The van der Waals surface area contributed by atoms with Crippen molar-refractivity contribution >= 4 is 5.97 Å². The number of alkyl halides is 2. The van der Waals surface area contributed by atoms with Gasteiger partial charge in [0.05, 0.1) is 18.7 Å². The summed E-state index contributed by atoms with van der Waals surface area (Å²) in [4.78, 5) is 15.1. The summed E-state index contributed by atoms with van der Waals surface area (Å²) in [7, 11) is 0. The van der Waals surface area contributed by atoms with Crippen LogP contribution >= 0.6 is 0 Å². The standard InChI is InChI=1S/C11H14F2N2O2/c1-2-17-10(16)4-7-3-8(11(12)13)6-15-9(7)5-14/h3,6,11H,2,4-5,14H2,1H3. The van der Waals surface area contributed by atoms with Crippen LogP contribution in [-0.2, 0) is 22.5 Å². The predicted octanol–water partition coefficient (Wildman–Crippen LogP) is 1.58. The van der Waals surface area contributed by atoms with Crippen molar-refractivity contribution in [1.29, 1.82) is 0 Å². The van der Waals surface area contributed by atoms with Gasteiger partial charge in [-0.2, -0.15) is 0 Å². The second kappa shape index (κ2) is 6.24. The molecule has 0 aliphatic rings. The molecule has 2 N–H and O–H groups in total. The van der Waals surface area contributed by atoms with Crippen molar-refractivity contribution in [2.75, 3.05) is 6.61 Å². The van der Waals surface area contributed by atoms with Crippen molar-refractivity contribution in [2.24, 2.45) is 5.73 Å². The monoisotopic (exact) mass is 244 g/mol. The second-order valence-corrected chi connectivity index (χ2v) is 3.36. The molecular formula is C11H14F2N2O2. The van der Waals surface area contributed by atoms with E-state index in [9.17, 15) is 13.6 Å². The smallest absolute Gasteiger partial charge is 0.310 e. The molecule has 4 nitrogen and oxygen atoms in total. The van der Waals surface area contributed by atoms with Gasteiger partial charge in [-0.15, -0.1) is 0 Å². The van der Waals surface area contributed by atoms with Gasteiger partial charge in [-0.1, -0.05) is 0 Å². The van der Waals surface area contributed by atoms with Gasteiger partial charge in [0.25, 0.3) is 6.43 Å². The lowest BCUT2D eigenvalue weighted by molar-refractivity contribution is -0.142. The Morgan fingerprint density at radius 2 is 2.29 bits per heavy atom. The Balaban J connectivity index is 2.93. The number of ether oxygens (including phenoxy) is 1. The highest BCUT2D eigenvalue weighted by Gasteiger charge is 2.14. The highest BCUT2D eigenvalue weighted by Crippen LogP contribution is 2.20. The molecule has 1 heterocycles. The predicted molar refractivity (Wildman–Crippen MR) is 57.4 cm³/mol. The first-order valence-corrected chi connectivity index (χ1v) is 5.20. The van der Waals surface area contributed by atoms with Crippen LogP contribution in [-0.4, -0.2) is 17.6 Å². The highest BCUT2D eigenvalue weighted by atomic mass is 19.3. The van der Waals surface area contributed by atoms with Crippen molar-refractivity contribution in [3.05, 3.63) is 29.1 Å². The molecule has 1 aromatic heterocycles. The molecular weight excluding hydrogens is 230 g/mol. The lowest BCUT2D eigenvalue weighted by atomic mass is 10.1. The van der Waals surface area contributed by atoms with Crippen LogP contribution in [0.15, 0.2) is 12.3 Å². The highest BCUT2D eigenvalue weighted by molar-refractivity contribution is 5.72. The molecule has 0 fully saturated rings. The van der Waals surface area contributed by atoms with Gasteiger partial charge in [0.1, 0.15) is 0 Å². The molecule has 94 valence electrons. The Labute approximate surface area is 97.8 Å². The van der Waals surface area contributed by atoms with E-state index in [-0.39, 0.29) is 25.1 Å². The first-order valence-electron chi connectivity index (χ1n) is 5.20. The third-order valence-electron chi connectivity index (χ3n) is 2.17. The van der Waals surface area contributed by atoms with Crippen LogP contribution in [0.2, 0.25) is 0 Å². The minimum atomic E-state index is -2.62. The first kappa shape index (κ1) is 13.5. The number of aromatic nitrogens is 1. The van der Waals surface area contributed by atoms with Gasteiger partial charge in [-0.25, -0.2) is 8.78 Å². The number of hydrogen-bond acceptors (Lipinski definition) is 4. The van der Waals surface area contributed by atoms with Gasteiger partial charge in [-0.3, -0.25) is 9.78 Å². The Hall–Kier alpha value is -1.56. The SMILES string of the molecule is CCOC(=O)Cc1cc(C(F)F)cnc1CN. The largest absolute Gasteiger partial charge is 0.466 e. The molecule has 0 aliphatic carbocycles. The number of esters is 1. The fourth-order valence-corrected chi connectivity index (χ4v) is 1.38. The zero-order valence-electron chi connectivity index (χ0n) is 9.45. The van der Waals surface area contributed by atoms with Crippen LogP contribution in [0.1, 0.15) is 30.2 Å². The Morgan fingerprint density at radius 1 is 1.59 bits per heavy atom. The summed E-state index contributed by atoms with van der Waals surface area (Å²) in [6.45, 7) is 2.02. The van der Waals surface area contributed by atoms with Gasteiger partial charge in [-0.05, 0) is 18.6 Å². The number of pyridine rings is 1. The average molecular weight is 244 g/mol. The molecule has 0 aliphatic heterocycles. The summed E-state index contributed by atoms with van der Waals surface area (Å²) >= 11 is 0. The van der Waals surface area contributed by atoms with Crippen LogP contribution in [0, 0.1) is 0 Å². The number of hydrogen-bond donors (Lipinski definition) is 1. The zero-order valence-corrected chi connectivity index (χ0v) is 9.45. The number of carbonyl (C=O) groups is 1. The van der Waals surface area contributed by atoms with E-state index in [0.717, 1.165) is 6.20 Å². The molecule has 0 amide bonds. The normalized spacial score (nSPS) is 10.6. The molecule has 0 aromatic carbocycles. The van der Waals surface area contributed by atoms with E-state index in [1.165, 1.54) is 6.07 Å². The molecule has 0 bridgehead atoms. The maximum absolute atomic E-state index is 12.5. The number of nitrogens with two attached hydrogens (primary N) is 1. The Bertz CT molecular complexity index is 397. The van der Waals surface area contributed by atoms with E-state index < -0.39 is 12.4 Å². The molecule has 1 aromatic rings. The third-order valence-corrected chi connectivity index (χ3v) is 2.17. The Morgan fingerprint density at radius 3 is 2.82 bits per heavy atom. The fraction of sp³-hybridized carbons (Fsp3) is 0.455. The van der Waals surface area contributed by atoms with Crippen molar-refractivity contribution < 1.29 is 18.3 Å². The number of nitrogens with zero attached hydrogens (tertiary/aromatic N) is 1. The summed E-state index contributed by atoms with van der Waals surface area (Å²) in [6, 6.07) is 1.25. The average Bonchev–Trinajstić information content (AvgIpc) is 2.29. The molecule has 0 saturated heterocycles. The fourth-order valence-electron chi connectivity index (χ4n) is 1.38. The molecule has 0 spiro atoms. The van der Waals surface area contributed by atoms with Crippen molar-refractivity contribution in [3.63, 3.8) is 0 Å². The minimum absolute atomic E-state index is 0.0894. The molecule has 0 radical (unpaired) electrons. The van der Waals surface area contributed by atoms with E-state index >= 15 is 0 Å². The first-order chi connectivity index (χ1) is 8.08. The van der Waals surface area contributed by atoms with Gasteiger partial charge < -0.3 is 10.5 Å². The van der Waals surface area contributed by atoms with Gasteiger partial charge in [0.15, 0.2) is 0 Å². The Kier molecular flexibility index (Phi) is 4.96. The molecule has 6 heteroatoms. The zero-order chi connectivity index (χ0) is 12.8. The van der Waals surface area contributed by atoms with Gasteiger partial charge in [0.2, 0.25) is 0 Å². The summed E-state index contributed by atoms with van der Waals surface area (Å²) in [6.07, 6.45) is -1.63. The lowest BCUT2D eigenvalue weighted by Crippen LogP contribution is -2.12. The number of carbonyl (C=O) groups excluding carboxylic acids is 1. The van der Waals surface area contributed by atoms with Gasteiger partial charge in [0, 0.05) is 18.3 Å². The lowest BCUT2D eigenvalue weighted by Gasteiger charge is -2.08. The molecule has 0 unspecified atom stereocenters. The van der Waals surface area contributed by atoms with Crippen molar-refractivity contribution in [3.8, 4) is 0 Å². The van der Waals surface area contributed by atoms with E-state index in [1.54, 1.807) is 6.92 Å². The maximum atomic E-state index is 12.5. The van der Waals surface area contributed by atoms with Crippen LogP contribution in [0.4, 0.5) is 8.78 Å². The molecule has 17 heavy (non-hydrogen) atoms. The summed E-state index contributed by atoms with van der Waals surface area (Å²) in [5, 5.41) is 0. The van der Waals surface area contributed by atoms with E-state index in [4.69, 9.17) is 10.5 Å². The molecule has 0 atom stereocenters. The van der Waals surface area contributed by atoms with Crippen LogP contribution < -0.4 is 5.73 Å². The summed E-state index contributed by atoms with van der Waals surface area (Å²) in [5.74, 6) is -0.476. The second-order valence-electron chi connectivity index (χ2n) is 3.36. The topological polar surface area (TPSA) is 65.2 Å². The van der Waals surface area contributed by atoms with Crippen molar-refractivity contribution in [1.82, 2.24) is 4.98 Å². The van der Waals surface area contributed by atoms with Crippen LogP contribution in [0.25, 0.3) is 0 Å². The number of rotatable bonds is 5. The van der Waals surface area contributed by atoms with E-state index in [0.29, 0.717) is 11.3 Å². The van der Waals surface area contributed by atoms with E-state index in [1.807, 2.05) is 0 Å². The molecule has 0 saturated carbocycles. The minimum Gasteiger partial charge on any atom is -0.466 e. The van der Waals surface area contributed by atoms with Crippen molar-refractivity contribution in [2.45, 2.75) is 26.3 Å².